The molecule has 0 saturated carbocycles. The van der Waals surface area contributed by atoms with E-state index in [-0.39, 0.29) is 0 Å². The lowest BCUT2D eigenvalue weighted by Gasteiger charge is -2.07. The summed E-state index contributed by atoms with van der Waals surface area (Å²) in [6.45, 7) is 1.83. The van der Waals surface area contributed by atoms with E-state index in [2.05, 4.69) is 4.98 Å². The smallest absolute Gasteiger partial charge is 0.150 e. The Labute approximate surface area is 109 Å². The third-order valence-corrected chi connectivity index (χ3v) is 3.12. The van der Waals surface area contributed by atoms with Gasteiger partial charge in [-0.1, -0.05) is 29.3 Å². The van der Waals surface area contributed by atoms with Crippen LogP contribution in [0.2, 0.25) is 10.0 Å². The van der Waals surface area contributed by atoms with Gasteiger partial charge in [0.25, 0.3) is 0 Å². The molecule has 0 amide bonds. The van der Waals surface area contributed by atoms with Gasteiger partial charge in [0.15, 0.2) is 0 Å². The molecule has 86 valence electrons. The largest absolute Gasteiger partial charge is 0.298 e. The van der Waals surface area contributed by atoms with Gasteiger partial charge in [0.1, 0.15) is 6.29 Å². The number of hydrogen-bond donors (Lipinski definition) is 0. The van der Waals surface area contributed by atoms with Crippen LogP contribution < -0.4 is 0 Å². The number of aldehydes is 1. The Morgan fingerprint density at radius 2 is 1.88 bits per heavy atom. The van der Waals surface area contributed by atoms with Gasteiger partial charge in [-0.25, -0.2) is 0 Å². The number of aromatic nitrogens is 1. The fourth-order valence-electron chi connectivity index (χ4n) is 1.55. The first-order valence-electron chi connectivity index (χ1n) is 4.99. The molecule has 0 unspecified atom stereocenters. The normalized spacial score (nSPS) is 10.3. The fourth-order valence-corrected chi connectivity index (χ4v) is 2.14. The van der Waals surface area contributed by atoms with E-state index in [9.17, 15) is 4.79 Å². The maximum absolute atomic E-state index is 10.9. The number of carbonyl (C=O) groups excluding carboxylic acids is 1. The predicted molar refractivity (Wildman–Crippen MR) is 69.8 cm³/mol. The molecule has 0 N–H and O–H groups in total. The minimum absolute atomic E-state index is 0.519. The highest BCUT2D eigenvalue weighted by Gasteiger charge is 2.10. The molecule has 0 saturated heterocycles. The van der Waals surface area contributed by atoms with E-state index >= 15 is 0 Å². The molecule has 2 nitrogen and oxygen atoms in total. The summed E-state index contributed by atoms with van der Waals surface area (Å²) in [7, 11) is 0. The second kappa shape index (κ2) is 4.86. The minimum atomic E-state index is 0.519. The zero-order valence-electron chi connectivity index (χ0n) is 9.08. The topological polar surface area (TPSA) is 30.0 Å². The lowest BCUT2D eigenvalue weighted by molar-refractivity contribution is 0.112. The molecule has 1 heterocycles. The van der Waals surface area contributed by atoms with Gasteiger partial charge >= 0.3 is 0 Å². The van der Waals surface area contributed by atoms with E-state index in [1.807, 2.05) is 6.92 Å². The highest BCUT2D eigenvalue weighted by molar-refractivity contribution is 6.39. The van der Waals surface area contributed by atoms with Crippen molar-refractivity contribution in [3.8, 4) is 11.3 Å². The molecular weight excluding hydrogens is 257 g/mol. The van der Waals surface area contributed by atoms with E-state index in [0.29, 0.717) is 26.9 Å². The van der Waals surface area contributed by atoms with Crippen molar-refractivity contribution >= 4 is 29.5 Å². The molecule has 0 aliphatic rings. The molecule has 1 aromatic carbocycles. The van der Waals surface area contributed by atoms with Crippen LogP contribution in [0.1, 0.15) is 15.9 Å². The number of benzene rings is 1. The lowest BCUT2D eigenvalue weighted by atomic mass is 10.1. The Bertz CT molecular complexity index is 561. The van der Waals surface area contributed by atoms with Crippen molar-refractivity contribution in [3.63, 3.8) is 0 Å². The van der Waals surface area contributed by atoms with E-state index in [0.717, 1.165) is 11.8 Å². The Morgan fingerprint density at radius 1 is 1.24 bits per heavy atom. The van der Waals surface area contributed by atoms with Crippen LogP contribution in [-0.2, 0) is 0 Å². The van der Waals surface area contributed by atoms with Crippen molar-refractivity contribution in [1.29, 1.82) is 0 Å². The quantitative estimate of drug-likeness (QED) is 0.763. The van der Waals surface area contributed by atoms with Gasteiger partial charge in [-0.2, -0.15) is 0 Å². The summed E-state index contributed by atoms with van der Waals surface area (Å²) in [6, 6.07) is 6.94. The standard InChI is InChI=1S/C13H9Cl2NO/c1-8-6-16-12(5-9(8)7-17)13-10(14)3-2-4-11(13)15/h2-7H,1H3. The molecule has 0 aliphatic carbocycles. The zero-order chi connectivity index (χ0) is 12.4. The number of carbonyl (C=O) groups is 1. The molecule has 17 heavy (non-hydrogen) atoms. The van der Waals surface area contributed by atoms with Gasteiger partial charge in [-0.15, -0.1) is 0 Å². The van der Waals surface area contributed by atoms with Gasteiger partial charge in [0.05, 0.1) is 15.7 Å². The third-order valence-electron chi connectivity index (χ3n) is 2.49. The predicted octanol–water partition coefficient (Wildman–Crippen LogP) is 4.18. The molecule has 0 spiro atoms. The number of aryl methyl sites for hydroxylation is 1. The average molecular weight is 266 g/mol. The first-order chi connectivity index (χ1) is 8.13. The Hall–Kier alpha value is -1.38. The number of pyridine rings is 1. The summed E-state index contributed by atoms with van der Waals surface area (Å²) in [6.07, 6.45) is 2.43. The van der Waals surface area contributed by atoms with Crippen LogP contribution in [0.15, 0.2) is 30.5 Å². The molecule has 4 heteroatoms. The molecular formula is C13H9Cl2NO. The van der Waals surface area contributed by atoms with Gasteiger partial charge in [0.2, 0.25) is 0 Å². The molecule has 1 aromatic heterocycles. The first-order valence-corrected chi connectivity index (χ1v) is 5.75. The van der Waals surface area contributed by atoms with E-state index in [1.54, 1.807) is 30.5 Å². The third kappa shape index (κ3) is 2.33. The number of halogens is 2. The summed E-state index contributed by atoms with van der Waals surface area (Å²) >= 11 is 12.2. The van der Waals surface area contributed by atoms with Gasteiger partial charge < -0.3 is 0 Å². The Balaban J connectivity index is 2.65. The maximum Gasteiger partial charge on any atom is 0.150 e. The summed E-state index contributed by atoms with van der Waals surface area (Å²) in [4.78, 5) is 15.1. The van der Waals surface area contributed by atoms with Crippen molar-refractivity contribution in [1.82, 2.24) is 4.98 Å². The first kappa shape index (κ1) is 12.1. The Kier molecular flexibility index (Phi) is 3.46. The van der Waals surface area contributed by atoms with E-state index < -0.39 is 0 Å². The van der Waals surface area contributed by atoms with Crippen LogP contribution in [0, 0.1) is 6.92 Å². The van der Waals surface area contributed by atoms with Crippen LogP contribution >= 0.6 is 23.2 Å². The SMILES string of the molecule is Cc1cnc(-c2c(Cl)cccc2Cl)cc1C=O. The van der Waals surface area contributed by atoms with Crippen molar-refractivity contribution in [2.24, 2.45) is 0 Å². The molecule has 0 bridgehead atoms. The van der Waals surface area contributed by atoms with Gasteiger partial charge in [0, 0.05) is 17.3 Å². The monoisotopic (exact) mass is 265 g/mol. The van der Waals surface area contributed by atoms with Crippen molar-refractivity contribution in [3.05, 3.63) is 51.6 Å². The van der Waals surface area contributed by atoms with Crippen molar-refractivity contribution < 1.29 is 4.79 Å². The van der Waals surface area contributed by atoms with Crippen molar-refractivity contribution in [2.75, 3.05) is 0 Å². The maximum atomic E-state index is 10.9. The Morgan fingerprint density at radius 3 is 2.47 bits per heavy atom. The molecule has 0 aliphatic heterocycles. The van der Waals surface area contributed by atoms with Crippen LogP contribution in [0.4, 0.5) is 0 Å². The van der Waals surface area contributed by atoms with E-state index in [4.69, 9.17) is 23.2 Å². The van der Waals surface area contributed by atoms with E-state index in [1.165, 1.54) is 0 Å². The fraction of sp³-hybridized carbons (Fsp3) is 0.0769. The van der Waals surface area contributed by atoms with Crippen LogP contribution in [0.5, 0.6) is 0 Å². The minimum Gasteiger partial charge on any atom is -0.298 e. The highest BCUT2D eigenvalue weighted by Crippen LogP contribution is 2.33. The highest BCUT2D eigenvalue weighted by atomic mass is 35.5. The summed E-state index contributed by atoms with van der Waals surface area (Å²) < 4.78 is 0. The number of nitrogens with zero attached hydrogens (tertiary/aromatic N) is 1. The molecule has 0 fully saturated rings. The average Bonchev–Trinajstić information content (AvgIpc) is 2.31. The number of rotatable bonds is 2. The molecule has 2 aromatic rings. The van der Waals surface area contributed by atoms with Crippen LogP contribution in [0.25, 0.3) is 11.3 Å². The second-order valence-corrected chi connectivity index (χ2v) is 4.46. The summed E-state index contributed by atoms with van der Waals surface area (Å²) in [5.74, 6) is 0. The van der Waals surface area contributed by atoms with Crippen LogP contribution in [0.3, 0.4) is 0 Å². The second-order valence-electron chi connectivity index (χ2n) is 3.64. The lowest BCUT2D eigenvalue weighted by Crippen LogP contribution is -1.92. The zero-order valence-corrected chi connectivity index (χ0v) is 10.6. The van der Waals surface area contributed by atoms with Gasteiger partial charge in [-0.05, 0) is 30.7 Å². The molecule has 0 radical (unpaired) electrons. The van der Waals surface area contributed by atoms with Crippen molar-refractivity contribution in [2.45, 2.75) is 6.92 Å². The molecule has 0 atom stereocenters. The molecule has 2 rings (SSSR count). The van der Waals surface area contributed by atoms with Crippen LogP contribution in [-0.4, -0.2) is 11.3 Å². The van der Waals surface area contributed by atoms with Gasteiger partial charge in [-0.3, -0.25) is 9.78 Å². The summed E-state index contributed by atoms with van der Waals surface area (Å²) in [5.41, 5.74) is 2.67. The number of hydrogen-bond acceptors (Lipinski definition) is 2. The summed E-state index contributed by atoms with van der Waals surface area (Å²) in [5, 5.41) is 1.04.